The molecule has 9 aromatic heterocycles. The molecule has 4 N–H and O–H groups in total. The van der Waals surface area contributed by atoms with Gasteiger partial charge in [-0.15, -0.1) is 0 Å². The van der Waals surface area contributed by atoms with Crippen LogP contribution in [-0.2, 0) is 14.4 Å². The Bertz CT molecular complexity index is 6870. The van der Waals surface area contributed by atoms with E-state index in [4.69, 9.17) is 49.5 Å². The molecule has 0 bridgehead atoms. The van der Waals surface area contributed by atoms with Gasteiger partial charge in [0.05, 0.1) is 101 Å². The van der Waals surface area contributed by atoms with E-state index >= 15 is 13.2 Å². The van der Waals surface area contributed by atoms with E-state index in [1.54, 1.807) is 58.5 Å². The summed E-state index contributed by atoms with van der Waals surface area (Å²) in [7, 11) is 1.78. The van der Waals surface area contributed by atoms with E-state index in [2.05, 4.69) is 59.9 Å². The lowest BCUT2D eigenvalue weighted by atomic mass is 10.0. The fourth-order valence-electron chi connectivity index (χ4n) is 18.9. The van der Waals surface area contributed by atoms with Gasteiger partial charge in [-0.05, 0) is 149 Å². The number of aromatic nitrogens is 12. The molecule has 3 aromatic carbocycles. The number of nitrogens with zero attached hydrogens (tertiary/aromatic N) is 19. The number of rotatable bonds is 12. The number of piperazine rings is 3. The lowest BCUT2D eigenvalue weighted by Crippen LogP contribution is -2.61. The van der Waals surface area contributed by atoms with Crippen LogP contribution in [0.25, 0.3) is 83.9 Å². The van der Waals surface area contributed by atoms with E-state index in [1.807, 2.05) is 103 Å². The van der Waals surface area contributed by atoms with Crippen molar-refractivity contribution in [2.45, 2.75) is 137 Å². The summed E-state index contributed by atoms with van der Waals surface area (Å²) in [5.74, 6) is -9.56. The first-order valence-electron chi connectivity index (χ1n) is 42.8. The molecule has 3 fully saturated rings. The molecule has 6 unspecified atom stereocenters. The summed E-state index contributed by atoms with van der Waals surface area (Å²) in [4.78, 5) is 135. The number of fused-ring (bicyclic) bond motifs is 6. The highest BCUT2D eigenvalue weighted by molar-refractivity contribution is 6.39. The molecule has 133 heavy (non-hydrogen) atoms. The SMILES string of the molecule is C=CC(=O)N1CC(C)N2c3nc(=O)n(-c4c(C)ccnc4C(C)C)c4nc(-c5c(O)ccc(F)c5F)c(Cl)c(c34)N(C)CC2C1.C=CC(=O)N1CC(C)N2c3nc(=O)n(-c4c(C)ccnc4C(C)C)c4nc(-c5c(O)ccc(F)c5F)c(Cl)c(c34)NCC2C1.C=CC(=O)N1CC(C)N2c3nc(=O)n(-c4c(C)ccnc4C(C)C)c4nc(-c5c(O)ccc(F)c5F)c(Cl)c(c34)OCC2C1. The second-order valence-electron chi connectivity index (χ2n) is 34.6. The van der Waals surface area contributed by atoms with E-state index in [0.717, 1.165) is 42.0 Å². The summed E-state index contributed by atoms with van der Waals surface area (Å²) in [5.41, 5.74) is 1.58. The fraction of sp³-hybridized carbons (Fsp3) is 0.330. The number of aryl methyl sites for hydroxylation is 3. The first kappa shape index (κ1) is 92.5. The molecule has 0 spiro atoms. The summed E-state index contributed by atoms with van der Waals surface area (Å²) in [6, 6.07) is 8.73. The number of amides is 3. The van der Waals surface area contributed by atoms with Crippen LogP contribution in [0.4, 0.5) is 55.2 Å². The monoisotopic (exact) mass is 1880 g/mol. The van der Waals surface area contributed by atoms with Crippen LogP contribution in [-0.4, -0.2) is 209 Å². The van der Waals surface area contributed by atoms with Crippen molar-refractivity contribution in [3.8, 4) is 73.8 Å². The molecule has 690 valence electrons. The number of nitrogens with one attached hydrogen (secondary N) is 1. The minimum atomic E-state index is -1.37. The number of phenols is 3. The van der Waals surface area contributed by atoms with Gasteiger partial charge in [-0.2, -0.15) is 15.0 Å². The van der Waals surface area contributed by atoms with E-state index < -0.39 is 92.0 Å². The summed E-state index contributed by atoms with van der Waals surface area (Å²) < 4.78 is 99.8. The largest absolute Gasteiger partial charge is 0.507 e. The Morgan fingerprint density at radius 2 is 0.789 bits per heavy atom. The number of carbonyl (C=O) groups excluding carboxylic acids is 3. The number of ether oxygens (including phenoxy) is 1. The molecule has 0 radical (unpaired) electrons. The minimum absolute atomic E-state index is 0.00732. The molecular weight excluding hydrogens is 1790 g/mol. The number of anilines is 5. The molecule has 39 heteroatoms. The number of phenolic OH excluding ortho intramolecular Hbond substituents is 3. The number of hydrogen-bond donors (Lipinski definition) is 4. The zero-order valence-electron chi connectivity index (χ0n) is 74.4. The van der Waals surface area contributed by atoms with E-state index in [-0.39, 0.29) is 157 Å². The molecule has 6 aliphatic rings. The molecular formula is C94H91Cl3F6N20O10. The molecule has 15 heterocycles. The van der Waals surface area contributed by atoms with Gasteiger partial charge in [0, 0.05) is 96.1 Å². The Morgan fingerprint density at radius 1 is 0.451 bits per heavy atom. The van der Waals surface area contributed by atoms with Crippen molar-refractivity contribution < 1.29 is 60.8 Å². The van der Waals surface area contributed by atoms with Crippen molar-refractivity contribution in [1.82, 2.24) is 73.3 Å². The average Bonchev–Trinajstić information content (AvgIpc) is 1.71. The second-order valence-corrected chi connectivity index (χ2v) is 35.7. The lowest BCUT2D eigenvalue weighted by Gasteiger charge is -2.46. The fourth-order valence-corrected chi connectivity index (χ4v) is 19.9. The average molecular weight is 1880 g/mol. The summed E-state index contributed by atoms with van der Waals surface area (Å²) in [6.45, 7) is 36.2. The van der Waals surface area contributed by atoms with Crippen molar-refractivity contribution in [2.75, 3.05) is 90.9 Å². The Kier molecular flexibility index (Phi) is 24.9. The smallest absolute Gasteiger partial charge is 0.355 e. The van der Waals surface area contributed by atoms with Gasteiger partial charge in [0.1, 0.15) is 68.8 Å². The Morgan fingerprint density at radius 3 is 1.19 bits per heavy atom. The quantitative estimate of drug-likeness (QED) is 0.0652. The zero-order chi connectivity index (χ0) is 95.7. The standard InChI is InChI=1S/C32H32ClF2N7O3.C31H30ClF2N7O3.C31H29ClF2N6O4/c1-7-21(44)40-12-17(5)41-18(14-40)13-39(6)29-23-30(37-27(24(29)33)22-20(43)9-8-19(34)25(22)35)42(32(45)38-31(23)41)28-16(4)10-11-36-26(28)15(2)3;1-6-20(43)39-12-16(5)40-17(13-39)11-36-26-22-29(37-27(23(26)32)21-19(42)8-7-18(33)24(21)34)41(31(44)38-30(22)40)28-15(4)9-10-35-25(28)14(2)3;1-6-20(42)38-11-16(5)39-17(12-38)13-44-28-22-29(36-26(23(28)32)21-19(41)8-7-18(33)24(21)34)40(31(43)37-30(22)39)27-15(4)9-10-35-25(27)14(2)3/h7-11,15,17-18,43H,1,12-14H2,2-6H3;6-10,14,16-17,36,42H,1,11-13H2,2-5H3;6-10,14,16-17,41H,1,11-13H2,2-5H3. The van der Waals surface area contributed by atoms with Crippen LogP contribution in [0.5, 0.6) is 23.0 Å². The normalized spacial score (nSPS) is 17.9. The molecule has 0 aliphatic carbocycles. The van der Waals surface area contributed by atoms with E-state index in [9.17, 15) is 57.3 Å². The van der Waals surface area contributed by atoms with Gasteiger partial charge in [-0.25, -0.2) is 69.4 Å². The number of pyridine rings is 6. The van der Waals surface area contributed by atoms with Crippen LogP contribution in [0.15, 0.2) is 126 Å². The van der Waals surface area contributed by atoms with Crippen molar-refractivity contribution in [2.24, 2.45) is 0 Å². The van der Waals surface area contributed by atoms with Crippen LogP contribution < -0.4 is 46.7 Å². The molecule has 6 atom stereocenters. The molecule has 3 amide bonds. The maximum Gasteiger partial charge on any atom is 0.355 e. The minimum Gasteiger partial charge on any atom is -0.507 e. The molecule has 18 rings (SSSR count). The van der Waals surface area contributed by atoms with E-state index in [0.29, 0.717) is 113 Å². The number of halogens is 9. The molecule has 0 saturated carbocycles. The molecule has 6 aliphatic heterocycles. The van der Waals surface area contributed by atoms with E-state index in [1.165, 1.54) is 31.9 Å². The number of hydrogen-bond acceptors (Lipinski definition) is 24. The third-order valence-corrected chi connectivity index (χ3v) is 25.9. The van der Waals surface area contributed by atoms with Gasteiger partial charge in [0.25, 0.3) is 0 Å². The van der Waals surface area contributed by atoms with Crippen LogP contribution in [0.2, 0.25) is 15.1 Å². The van der Waals surface area contributed by atoms with Gasteiger partial charge in [-0.3, -0.25) is 29.3 Å². The number of likely N-dealkylation sites (N-methyl/N-ethyl adjacent to an activating group) is 1. The highest BCUT2D eigenvalue weighted by Crippen LogP contribution is 2.53. The molecule has 12 aromatic rings. The van der Waals surface area contributed by atoms with Crippen LogP contribution in [0.3, 0.4) is 0 Å². The number of aromatic hydroxyl groups is 3. The van der Waals surface area contributed by atoms with Crippen molar-refractivity contribution >= 4 is 114 Å². The van der Waals surface area contributed by atoms with Gasteiger partial charge < -0.3 is 59.7 Å². The Labute approximate surface area is 772 Å². The van der Waals surface area contributed by atoms with Crippen molar-refractivity contribution in [3.63, 3.8) is 0 Å². The number of carbonyl (C=O) groups is 3. The number of benzene rings is 3. The zero-order valence-corrected chi connectivity index (χ0v) is 76.7. The summed E-state index contributed by atoms with van der Waals surface area (Å²) >= 11 is 20.9. The van der Waals surface area contributed by atoms with Gasteiger partial charge in [0.15, 0.2) is 57.6 Å². The first-order valence-corrected chi connectivity index (χ1v) is 43.9. The predicted octanol–water partition coefficient (Wildman–Crippen LogP) is 14.8. The second kappa shape index (κ2) is 35.8. The molecule has 3 saturated heterocycles. The maximum atomic E-state index is 15.4. The van der Waals surface area contributed by atoms with Crippen molar-refractivity contribution in [1.29, 1.82) is 0 Å². The Hall–Kier alpha value is -13.7. The first-order chi connectivity index (χ1) is 63.2. The van der Waals surface area contributed by atoms with Gasteiger partial charge >= 0.3 is 17.1 Å². The predicted molar refractivity (Wildman–Crippen MR) is 496 cm³/mol. The van der Waals surface area contributed by atoms with Crippen LogP contribution >= 0.6 is 34.8 Å². The molecule has 30 nitrogen and oxygen atoms in total. The van der Waals surface area contributed by atoms with Crippen LogP contribution in [0, 0.1) is 55.7 Å². The third-order valence-electron chi connectivity index (χ3n) is 24.8. The topological polar surface area (TPSA) is 338 Å². The highest BCUT2D eigenvalue weighted by Gasteiger charge is 2.46. The Balaban J connectivity index is 0.000000145. The lowest BCUT2D eigenvalue weighted by molar-refractivity contribution is -0.128. The van der Waals surface area contributed by atoms with Gasteiger partial charge in [-0.1, -0.05) is 96.1 Å². The van der Waals surface area contributed by atoms with Crippen molar-refractivity contribution in [3.05, 3.63) is 226 Å². The van der Waals surface area contributed by atoms with Gasteiger partial charge in [0.2, 0.25) is 17.7 Å². The van der Waals surface area contributed by atoms with Crippen LogP contribution in [0.1, 0.15) is 114 Å². The third kappa shape index (κ3) is 15.7. The summed E-state index contributed by atoms with van der Waals surface area (Å²) in [5, 5.41) is 36.2. The highest BCUT2D eigenvalue weighted by atomic mass is 35.5. The summed E-state index contributed by atoms with van der Waals surface area (Å²) in [6.07, 6.45) is 8.71. The maximum absolute atomic E-state index is 15.4.